The number of halogens is 1. The topological polar surface area (TPSA) is 63.6 Å². The molecule has 68 valence electrons. The van der Waals surface area contributed by atoms with Gasteiger partial charge in [-0.05, 0) is 23.7 Å². The molecule has 0 fully saturated rings. The van der Waals surface area contributed by atoms with E-state index in [-0.39, 0.29) is 11.3 Å². The fourth-order valence-electron chi connectivity index (χ4n) is 0.800. The monoisotopic (exact) mass is 217 g/mol. The fourth-order valence-corrected chi connectivity index (χ4v) is 1.28. The Balaban J connectivity index is 3.36. The standard InChI is InChI=1S/C7H4ClNO3S/c8-7(10)5-3-1-2-4-6(5)9-13(11)12/h1-4H. The van der Waals surface area contributed by atoms with Gasteiger partial charge in [-0.3, -0.25) is 4.79 Å². The molecule has 1 rings (SSSR count). The minimum Gasteiger partial charge on any atom is -0.276 e. The second-order valence-corrected chi connectivity index (χ2v) is 3.06. The maximum absolute atomic E-state index is 10.8. The van der Waals surface area contributed by atoms with Crippen LogP contribution in [0.5, 0.6) is 0 Å². The minimum atomic E-state index is -2.58. The molecule has 0 heterocycles. The van der Waals surface area contributed by atoms with Crippen LogP contribution in [-0.2, 0) is 10.5 Å². The van der Waals surface area contributed by atoms with E-state index in [1.165, 1.54) is 12.1 Å². The molecule has 0 aliphatic heterocycles. The molecule has 1 aromatic carbocycles. The second kappa shape index (κ2) is 4.15. The van der Waals surface area contributed by atoms with Crippen LogP contribution in [0.3, 0.4) is 0 Å². The summed E-state index contributed by atoms with van der Waals surface area (Å²) in [4.78, 5) is 10.8. The summed E-state index contributed by atoms with van der Waals surface area (Å²) in [6.07, 6.45) is 0. The third-order valence-electron chi connectivity index (χ3n) is 1.29. The van der Waals surface area contributed by atoms with Crippen LogP contribution >= 0.6 is 11.6 Å². The third-order valence-corrected chi connectivity index (χ3v) is 1.84. The first-order chi connectivity index (χ1) is 6.11. The zero-order valence-electron chi connectivity index (χ0n) is 6.27. The first-order valence-electron chi connectivity index (χ1n) is 3.21. The molecule has 0 aliphatic rings. The summed E-state index contributed by atoms with van der Waals surface area (Å²) in [5, 5.41) is -0.732. The van der Waals surface area contributed by atoms with Crippen LogP contribution < -0.4 is 0 Å². The molecule has 1 aromatic rings. The maximum atomic E-state index is 10.8. The summed E-state index contributed by atoms with van der Waals surface area (Å²) in [5.41, 5.74) is 0.129. The van der Waals surface area contributed by atoms with Crippen molar-refractivity contribution in [3.8, 4) is 0 Å². The maximum Gasteiger partial charge on any atom is 0.316 e. The number of carbonyl (C=O) groups is 1. The van der Waals surface area contributed by atoms with Gasteiger partial charge in [0.15, 0.2) is 0 Å². The first kappa shape index (κ1) is 9.88. The predicted octanol–water partition coefficient (Wildman–Crippen LogP) is 1.76. The summed E-state index contributed by atoms with van der Waals surface area (Å²) in [6.45, 7) is 0. The van der Waals surface area contributed by atoms with Crippen molar-refractivity contribution in [2.24, 2.45) is 4.36 Å². The number of nitrogens with zero attached hydrogens (tertiary/aromatic N) is 1. The molecule has 0 spiro atoms. The average Bonchev–Trinajstić information content (AvgIpc) is 2.03. The smallest absolute Gasteiger partial charge is 0.276 e. The number of carbonyl (C=O) groups excluding carboxylic acids is 1. The van der Waals surface area contributed by atoms with E-state index in [2.05, 4.69) is 4.36 Å². The lowest BCUT2D eigenvalue weighted by molar-refractivity contribution is 0.108. The first-order valence-corrected chi connectivity index (χ1v) is 4.62. The average molecular weight is 218 g/mol. The molecule has 0 atom stereocenters. The van der Waals surface area contributed by atoms with Crippen molar-refractivity contribution in [3.05, 3.63) is 29.8 Å². The molecule has 6 heteroatoms. The summed E-state index contributed by atoms with van der Waals surface area (Å²) in [6, 6.07) is 5.93. The molecule has 0 saturated carbocycles. The van der Waals surface area contributed by atoms with Gasteiger partial charge in [-0.25, -0.2) is 0 Å². The van der Waals surface area contributed by atoms with Gasteiger partial charge in [0.05, 0.1) is 11.3 Å². The van der Waals surface area contributed by atoms with E-state index >= 15 is 0 Å². The lowest BCUT2D eigenvalue weighted by atomic mass is 10.2. The van der Waals surface area contributed by atoms with Gasteiger partial charge in [0, 0.05) is 0 Å². The van der Waals surface area contributed by atoms with Crippen LogP contribution in [0.15, 0.2) is 28.6 Å². The van der Waals surface area contributed by atoms with Crippen molar-refractivity contribution in [3.63, 3.8) is 0 Å². The highest BCUT2D eigenvalue weighted by Gasteiger charge is 2.06. The lowest BCUT2D eigenvalue weighted by Crippen LogP contribution is -1.87. The van der Waals surface area contributed by atoms with Gasteiger partial charge in [0.1, 0.15) is 0 Å². The molecule has 0 N–H and O–H groups in total. The van der Waals surface area contributed by atoms with Gasteiger partial charge in [0.25, 0.3) is 5.24 Å². The van der Waals surface area contributed by atoms with E-state index in [4.69, 9.17) is 11.6 Å². The fraction of sp³-hybridized carbons (Fsp3) is 0. The van der Waals surface area contributed by atoms with Crippen molar-refractivity contribution in [2.45, 2.75) is 0 Å². The Kier molecular flexibility index (Phi) is 3.16. The second-order valence-electron chi connectivity index (χ2n) is 2.10. The van der Waals surface area contributed by atoms with Crippen molar-refractivity contribution in [2.75, 3.05) is 0 Å². The van der Waals surface area contributed by atoms with Crippen molar-refractivity contribution in [1.29, 1.82) is 0 Å². The molecule has 4 nitrogen and oxygen atoms in total. The van der Waals surface area contributed by atoms with Gasteiger partial charge >= 0.3 is 10.5 Å². The molecule has 0 radical (unpaired) electrons. The number of hydrogen-bond donors (Lipinski definition) is 0. The van der Waals surface area contributed by atoms with Crippen LogP contribution in [0.1, 0.15) is 10.4 Å². The van der Waals surface area contributed by atoms with Crippen LogP contribution in [0.25, 0.3) is 0 Å². The zero-order valence-corrected chi connectivity index (χ0v) is 7.84. The number of hydrogen-bond acceptors (Lipinski definition) is 4. The summed E-state index contributed by atoms with van der Waals surface area (Å²) in [5.74, 6) is 0. The molecule has 0 unspecified atom stereocenters. The minimum absolute atomic E-state index is 0.0517. The van der Waals surface area contributed by atoms with Crippen LogP contribution in [0.4, 0.5) is 5.69 Å². The van der Waals surface area contributed by atoms with E-state index in [1.807, 2.05) is 0 Å². The Bertz CT molecular complexity index is 458. The largest absolute Gasteiger partial charge is 0.316 e. The Morgan fingerprint density at radius 2 is 1.92 bits per heavy atom. The van der Waals surface area contributed by atoms with Crippen molar-refractivity contribution < 1.29 is 13.2 Å². The Labute approximate surface area is 80.9 Å². The number of benzene rings is 1. The van der Waals surface area contributed by atoms with E-state index in [0.717, 1.165) is 0 Å². The van der Waals surface area contributed by atoms with E-state index < -0.39 is 15.7 Å². The van der Waals surface area contributed by atoms with Crippen molar-refractivity contribution in [1.82, 2.24) is 0 Å². The molecule has 0 amide bonds. The normalized spacial score (nSPS) is 9.31. The molecule has 0 saturated heterocycles. The SMILES string of the molecule is O=C(Cl)c1ccccc1N=S(=O)=O. The predicted molar refractivity (Wildman–Crippen MR) is 47.6 cm³/mol. The number of rotatable bonds is 2. The molecule has 0 aromatic heterocycles. The highest BCUT2D eigenvalue weighted by molar-refractivity contribution is 7.61. The van der Waals surface area contributed by atoms with Crippen LogP contribution in [-0.4, -0.2) is 13.7 Å². The third kappa shape index (κ3) is 2.64. The van der Waals surface area contributed by atoms with Gasteiger partial charge in [0.2, 0.25) is 0 Å². The van der Waals surface area contributed by atoms with Gasteiger partial charge in [-0.2, -0.15) is 8.42 Å². The molecular weight excluding hydrogens is 214 g/mol. The van der Waals surface area contributed by atoms with E-state index in [1.54, 1.807) is 12.1 Å². The Hall–Kier alpha value is -1.20. The molecule has 13 heavy (non-hydrogen) atoms. The Morgan fingerprint density at radius 3 is 2.46 bits per heavy atom. The van der Waals surface area contributed by atoms with Gasteiger partial charge in [-0.1, -0.05) is 12.1 Å². The summed E-state index contributed by atoms with van der Waals surface area (Å²) >= 11 is 5.19. The molecular formula is C7H4ClNO3S. The molecule has 0 aliphatic carbocycles. The van der Waals surface area contributed by atoms with Gasteiger partial charge in [-0.15, -0.1) is 4.36 Å². The summed E-state index contributed by atoms with van der Waals surface area (Å²) in [7, 11) is -2.58. The quantitative estimate of drug-likeness (QED) is 0.709. The van der Waals surface area contributed by atoms with Crippen LogP contribution in [0, 0.1) is 0 Å². The van der Waals surface area contributed by atoms with Crippen LogP contribution in [0.2, 0.25) is 0 Å². The van der Waals surface area contributed by atoms with Crippen molar-refractivity contribution >= 4 is 33.0 Å². The lowest BCUT2D eigenvalue weighted by Gasteiger charge is -1.95. The highest BCUT2D eigenvalue weighted by atomic mass is 35.5. The van der Waals surface area contributed by atoms with Gasteiger partial charge < -0.3 is 0 Å². The zero-order chi connectivity index (χ0) is 9.84. The Morgan fingerprint density at radius 1 is 1.31 bits per heavy atom. The van der Waals surface area contributed by atoms with E-state index in [0.29, 0.717) is 0 Å². The summed E-state index contributed by atoms with van der Waals surface area (Å²) < 4.78 is 23.6. The highest BCUT2D eigenvalue weighted by Crippen LogP contribution is 2.19. The van der Waals surface area contributed by atoms with E-state index in [9.17, 15) is 13.2 Å². The molecule has 0 bridgehead atoms.